The van der Waals surface area contributed by atoms with Gasteiger partial charge in [0, 0.05) is 29.8 Å². The minimum absolute atomic E-state index is 0.113. The lowest BCUT2D eigenvalue weighted by molar-refractivity contribution is 0.182. The van der Waals surface area contributed by atoms with Gasteiger partial charge in [-0.25, -0.2) is 9.78 Å². The number of hydrogen-bond acceptors (Lipinski definition) is 7. The quantitative estimate of drug-likeness (QED) is 0.542. The SMILES string of the molecule is N#Cc1cncc(-c2cccc(Nc3nc(=O)n(O)c4ncccc34)c2)c1. The zero-order valence-electron chi connectivity index (χ0n) is 13.9. The average molecular weight is 356 g/mol. The van der Waals surface area contributed by atoms with Crippen LogP contribution in [0.1, 0.15) is 5.56 Å². The number of benzene rings is 1. The van der Waals surface area contributed by atoms with E-state index in [1.165, 1.54) is 12.4 Å². The third-order valence-electron chi connectivity index (χ3n) is 3.96. The van der Waals surface area contributed by atoms with Gasteiger partial charge in [-0.1, -0.05) is 12.1 Å². The van der Waals surface area contributed by atoms with E-state index in [-0.39, 0.29) is 11.5 Å². The number of hydrogen-bond donors (Lipinski definition) is 2. The highest BCUT2D eigenvalue weighted by Gasteiger charge is 2.11. The van der Waals surface area contributed by atoms with Gasteiger partial charge in [-0.3, -0.25) is 4.98 Å². The fourth-order valence-corrected chi connectivity index (χ4v) is 2.71. The van der Waals surface area contributed by atoms with E-state index in [0.717, 1.165) is 11.1 Å². The van der Waals surface area contributed by atoms with Gasteiger partial charge in [-0.2, -0.15) is 10.2 Å². The summed E-state index contributed by atoms with van der Waals surface area (Å²) < 4.78 is 0.413. The molecule has 0 amide bonds. The van der Waals surface area contributed by atoms with Crippen LogP contribution in [0.4, 0.5) is 11.5 Å². The van der Waals surface area contributed by atoms with Gasteiger partial charge in [0.05, 0.1) is 10.9 Å². The molecule has 0 atom stereocenters. The average Bonchev–Trinajstić information content (AvgIpc) is 2.72. The highest BCUT2D eigenvalue weighted by molar-refractivity contribution is 5.88. The van der Waals surface area contributed by atoms with Gasteiger partial charge in [0.1, 0.15) is 11.9 Å². The molecule has 0 saturated heterocycles. The van der Waals surface area contributed by atoms with Crippen molar-refractivity contribution in [2.75, 3.05) is 5.32 Å². The molecule has 0 saturated carbocycles. The molecule has 0 aliphatic heterocycles. The van der Waals surface area contributed by atoms with Gasteiger partial charge >= 0.3 is 5.69 Å². The molecule has 0 aliphatic rings. The van der Waals surface area contributed by atoms with Crippen molar-refractivity contribution in [3.8, 4) is 17.2 Å². The Morgan fingerprint density at radius 2 is 2.00 bits per heavy atom. The Morgan fingerprint density at radius 1 is 1.11 bits per heavy atom. The molecule has 8 nitrogen and oxygen atoms in total. The van der Waals surface area contributed by atoms with Gasteiger partial charge in [-0.15, -0.1) is 4.73 Å². The minimum Gasteiger partial charge on any atom is -0.422 e. The molecule has 27 heavy (non-hydrogen) atoms. The van der Waals surface area contributed by atoms with Crippen molar-refractivity contribution in [1.29, 1.82) is 5.26 Å². The van der Waals surface area contributed by atoms with E-state index < -0.39 is 5.69 Å². The number of rotatable bonds is 3. The van der Waals surface area contributed by atoms with Crippen LogP contribution in [0, 0.1) is 11.3 Å². The Balaban J connectivity index is 1.77. The molecule has 130 valence electrons. The molecule has 3 heterocycles. The summed E-state index contributed by atoms with van der Waals surface area (Å²) in [7, 11) is 0. The molecule has 0 fully saturated rings. The van der Waals surface area contributed by atoms with Crippen molar-refractivity contribution >= 4 is 22.5 Å². The number of aromatic nitrogens is 4. The molecule has 0 aliphatic carbocycles. The molecule has 1 aromatic carbocycles. The van der Waals surface area contributed by atoms with Gasteiger partial charge in [0.25, 0.3) is 0 Å². The van der Waals surface area contributed by atoms with E-state index in [4.69, 9.17) is 5.26 Å². The van der Waals surface area contributed by atoms with Crippen molar-refractivity contribution in [2.45, 2.75) is 0 Å². The summed E-state index contributed by atoms with van der Waals surface area (Å²) in [5, 5.41) is 22.4. The van der Waals surface area contributed by atoms with Crippen LogP contribution in [-0.2, 0) is 0 Å². The second-order valence-corrected chi connectivity index (χ2v) is 5.71. The molecule has 2 N–H and O–H groups in total. The summed E-state index contributed by atoms with van der Waals surface area (Å²) in [4.78, 5) is 23.9. The molecule has 0 bridgehead atoms. The molecule has 4 aromatic rings. The number of fused-ring (bicyclic) bond motifs is 1. The summed E-state index contributed by atoms with van der Waals surface area (Å²) in [5.41, 5.74) is 2.08. The van der Waals surface area contributed by atoms with E-state index in [2.05, 4.69) is 26.3 Å². The van der Waals surface area contributed by atoms with Crippen LogP contribution in [0.2, 0.25) is 0 Å². The summed E-state index contributed by atoms with van der Waals surface area (Å²) in [6.45, 7) is 0. The lowest BCUT2D eigenvalue weighted by atomic mass is 10.1. The third-order valence-corrected chi connectivity index (χ3v) is 3.96. The van der Waals surface area contributed by atoms with Gasteiger partial charge in [-0.05, 0) is 35.9 Å². The molecule has 0 unspecified atom stereocenters. The highest BCUT2D eigenvalue weighted by atomic mass is 16.5. The van der Waals surface area contributed by atoms with E-state index in [0.29, 0.717) is 21.4 Å². The largest absolute Gasteiger partial charge is 0.422 e. The lowest BCUT2D eigenvalue weighted by Crippen LogP contribution is -2.23. The predicted molar refractivity (Wildman–Crippen MR) is 98.7 cm³/mol. The van der Waals surface area contributed by atoms with Crippen LogP contribution in [0.5, 0.6) is 0 Å². The first-order valence-electron chi connectivity index (χ1n) is 7.95. The third kappa shape index (κ3) is 3.05. The molecule has 4 rings (SSSR count). The number of nitriles is 1. The normalized spacial score (nSPS) is 10.5. The first-order valence-corrected chi connectivity index (χ1v) is 7.95. The molecule has 0 radical (unpaired) electrons. The maximum absolute atomic E-state index is 11.9. The fraction of sp³-hybridized carbons (Fsp3) is 0. The van der Waals surface area contributed by atoms with Crippen LogP contribution in [-0.4, -0.2) is 24.9 Å². The van der Waals surface area contributed by atoms with Crippen molar-refractivity contribution < 1.29 is 5.21 Å². The summed E-state index contributed by atoms with van der Waals surface area (Å²) in [6.07, 6.45) is 4.65. The van der Waals surface area contributed by atoms with Gasteiger partial charge < -0.3 is 10.5 Å². The number of nitrogens with one attached hydrogen (secondary N) is 1. The first-order chi connectivity index (χ1) is 13.2. The van der Waals surface area contributed by atoms with E-state index in [9.17, 15) is 10.0 Å². The Bertz CT molecular complexity index is 1260. The predicted octanol–water partition coefficient (Wildman–Crippen LogP) is 2.71. The highest BCUT2D eigenvalue weighted by Crippen LogP contribution is 2.26. The van der Waals surface area contributed by atoms with E-state index in [1.54, 1.807) is 24.4 Å². The van der Waals surface area contributed by atoms with Crippen LogP contribution >= 0.6 is 0 Å². The number of anilines is 2. The standard InChI is InChI=1S/C19H12N6O2/c20-9-12-7-14(11-21-10-12)13-3-1-4-15(8-13)23-17-16-5-2-6-22-18(16)25(27)19(26)24-17/h1-8,10-11,27H,(H,23,24,26). The molecule has 3 aromatic heterocycles. The van der Waals surface area contributed by atoms with E-state index >= 15 is 0 Å². The maximum Gasteiger partial charge on any atom is 0.384 e. The van der Waals surface area contributed by atoms with Gasteiger partial charge in [0.2, 0.25) is 0 Å². The zero-order valence-corrected chi connectivity index (χ0v) is 13.9. The summed E-state index contributed by atoms with van der Waals surface area (Å²) in [5.74, 6) is 0.287. The van der Waals surface area contributed by atoms with Crippen molar-refractivity contribution in [2.24, 2.45) is 0 Å². The van der Waals surface area contributed by atoms with Gasteiger partial charge in [0.15, 0.2) is 5.65 Å². The Hall–Kier alpha value is -4.25. The molecular formula is C19H12N6O2. The second kappa shape index (κ2) is 6.57. The Kier molecular flexibility index (Phi) is 3.95. The summed E-state index contributed by atoms with van der Waals surface area (Å²) >= 11 is 0. The van der Waals surface area contributed by atoms with Crippen LogP contribution < -0.4 is 11.0 Å². The number of nitrogens with zero attached hydrogens (tertiary/aromatic N) is 5. The molecular weight excluding hydrogens is 344 g/mol. The summed E-state index contributed by atoms with van der Waals surface area (Å²) in [6, 6.07) is 14.6. The smallest absolute Gasteiger partial charge is 0.384 e. The Morgan fingerprint density at radius 3 is 2.85 bits per heavy atom. The Labute approximate surface area is 153 Å². The van der Waals surface area contributed by atoms with Crippen molar-refractivity contribution in [3.05, 3.63) is 77.1 Å². The van der Waals surface area contributed by atoms with E-state index in [1.807, 2.05) is 24.3 Å². The molecule has 0 spiro atoms. The second-order valence-electron chi connectivity index (χ2n) is 5.71. The first kappa shape index (κ1) is 16.2. The zero-order chi connectivity index (χ0) is 18.8. The maximum atomic E-state index is 11.9. The molecule has 8 heteroatoms. The topological polar surface area (TPSA) is 117 Å². The number of pyridine rings is 2. The van der Waals surface area contributed by atoms with Crippen molar-refractivity contribution in [3.63, 3.8) is 0 Å². The monoisotopic (exact) mass is 356 g/mol. The van der Waals surface area contributed by atoms with Crippen LogP contribution in [0.3, 0.4) is 0 Å². The van der Waals surface area contributed by atoms with Crippen LogP contribution in [0.15, 0.2) is 65.8 Å². The van der Waals surface area contributed by atoms with Crippen molar-refractivity contribution in [1.82, 2.24) is 19.7 Å². The lowest BCUT2D eigenvalue weighted by Gasteiger charge is -2.10. The fourth-order valence-electron chi connectivity index (χ4n) is 2.71. The van der Waals surface area contributed by atoms with Crippen LogP contribution in [0.25, 0.3) is 22.2 Å². The minimum atomic E-state index is -0.828.